The highest BCUT2D eigenvalue weighted by atomic mass is 16.5. The number of carbonyl (C=O) groups excluding carboxylic acids is 2. The van der Waals surface area contributed by atoms with Gasteiger partial charge in [-0.05, 0) is 30.0 Å². The Hall–Kier alpha value is -2.10. The number of esters is 1. The molecule has 1 heterocycles. The fraction of sp³-hybridized carbons (Fsp3) is 0.444. The Bertz CT molecular complexity index is 577. The van der Waals surface area contributed by atoms with Crippen molar-refractivity contribution in [3.05, 3.63) is 41.5 Å². The van der Waals surface area contributed by atoms with Gasteiger partial charge >= 0.3 is 5.97 Å². The Morgan fingerprint density at radius 1 is 1.23 bits per heavy atom. The van der Waals surface area contributed by atoms with E-state index in [1.54, 1.807) is 6.07 Å². The maximum atomic E-state index is 12.2. The number of carbonyl (C=O) groups is 2. The molecule has 0 aliphatic carbocycles. The van der Waals surface area contributed by atoms with Crippen LogP contribution < -0.4 is 5.32 Å². The van der Waals surface area contributed by atoms with E-state index in [0.717, 1.165) is 36.8 Å². The topological polar surface area (TPSA) is 55.4 Å². The molecular weight excluding hydrogens is 278 g/mol. The molecule has 4 nitrogen and oxygen atoms in total. The van der Waals surface area contributed by atoms with Gasteiger partial charge in [0.05, 0.1) is 12.6 Å². The van der Waals surface area contributed by atoms with Crippen molar-refractivity contribution in [3.8, 4) is 0 Å². The molecule has 0 radical (unpaired) electrons. The molecule has 0 aromatic heterocycles. The van der Waals surface area contributed by atoms with E-state index >= 15 is 0 Å². The number of amides is 1. The molecule has 1 aromatic carbocycles. The highest BCUT2D eigenvalue weighted by molar-refractivity contribution is 6.06. The van der Waals surface area contributed by atoms with Crippen molar-refractivity contribution in [2.75, 3.05) is 6.61 Å². The Labute approximate surface area is 131 Å². The summed E-state index contributed by atoms with van der Waals surface area (Å²) in [6, 6.07) is 7.25. The molecule has 0 spiro atoms. The Morgan fingerprint density at radius 3 is 2.64 bits per heavy atom. The summed E-state index contributed by atoms with van der Waals surface area (Å²) in [6.07, 6.45) is 5.11. The van der Waals surface area contributed by atoms with Crippen LogP contribution in [-0.2, 0) is 9.53 Å². The van der Waals surface area contributed by atoms with Crippen LogP contribution in [0.15, 0.2) is 30.3 Å². The first-order valence-corrected chi connectivity index (χ1v) is 7.96. The van der Waals surface area contributed by atoms with Gasteiger partial charge in [0, 0.05) is 11.6 Å². The number of hydrogen-bond donors (Lipinski definition) is 1. The van der Waals surface area contributed by atoms with Crippen LogP contribution in [0.5, 0.6) is 0 Å². The van der Waals surface area contributed by atoms with Gasteiger partial charge in [0.1, 0.15) is 0 Å². The normalized spacial score (nSPS) is 18.7. The van der Waals surface area contributed by atoms with Crippen LogP contribution in [0.3, 0.4) is 0 Å². The number of rotatable bonds is 6. The first-order valence-electron chi connectivity index (χ1n) is 7.96. The number of unbranched alkanes of at least 4 members (excludes halogenated alkanes) is 1. The van der Waals surface area contributed by atoms with Gasteiger partial charge in [0.25, 0.3) is 5.91 Å². The monoisotopic (exact) mass is 301 g/mol. The number of benzene rings is 1. The molecule has 1 aliphatic rings. The lowest BCUT2D eigenvalue weighted by molar-refractivity contribution is -0.137. The van der Waals surface area contributed by atoms with Crippen LogP contribution in [0.4, 0.5) is 0 Å². The van der Waals surface area contributed by atoms with Crippen LogP contribution in [-0.4, -0.2) is 24.5 Å². The second-order valence-corrected chi connectivity index (χ2v) is 5.48. The van der Waals surface area contributed by atoms with Gasteiger partial charge in [0.2, 0.25) is 0 Å². The molecule has 1 aliphatic heterocycles. The van der Waals surface area contributed by atoms with E-state index in [4.69, 9.17) is 4.74 Å². The van der Waals surface area contributed by atoms with E-state index in [0.29, 0.717) is 12.2 Å². The van der Waals surface area contributed by atoms with Gasteiger partial charge in [-0.15, -0.1) is 0 Å². The molecule has 0 saturated heterocycles. The molecule has 118 valence electrons. The Balaban J connectivity index is 2.29. The molecule has 0 saturated carbocycles. The first kappa shape index (κ1) is 16.3. The summed E-state index contributed by atoms with van der Waals surface area (Å²) in [5.74, 6) is -0.416. The van der Waals surface area contributed by atoms with Crippen LogP contribution in [0.2, 0.25) is 0 Å². The molecule has 1 amide bonds. The lowest BCUT2D eigenvalue weighted by atomic mass is 9.87. The van der Waals surface area contributed by atoms with Crippen molar-refractivity contribution in [1.82, 2.24) is 5.32 Å². The van der Waals surface area contributed by atoms with E-state index in [9.17, 15) is 9.59 Å². The summed E-state index contributed by atoms with van der Waals surface area (Å²) < 4.78 is 5.23. The minimum atomic E-state index is -0.337. The Morgan fingerprint density at radius 2 is 1.95 bits per heavy atom. The maximum Gasteiger partial charge on any atom is 0.331 e. The van der Waals surface area contributed by atoms with Gasteiger partial charge in [-0.1, -0.05) is 44.9 Å². The Kier molecular flexibility index (Phi) is 5.75. The summed E-state index contributed by atoms with van der Waals surface area (Å²) in [7, 11) is 0. The van der Waals surface area contributed by atoms with E-state index in [2.05, 4.69) is 19.2 Å². The summed E-state index contributed by atoms with van der Waals surface area (Å²) in [5.41, 5.74) is 2.29. The van der Waals surface area contributed by atoms with E-state index < -0.39 is 0 Å². The number of nitrogens with one attached hydrogen (secondary N) is 1. The van der Waals surface area contributed by atoms with Crippen molar-refractivity contribution in [2.45, 2.75) is 45.6 Å². The van der Waals surface area contributed by atoms with Crippen LogP contribution in [0.25, 0.3) is 5.57 Å². The summed E-state index contributed by atoms with van der Waals surface area (Å²) in [4.78, 5) is 24.2. The zero-order valence-corrected chi connectivity index (χ0v) is 13.2. The van der Waals surface area contributed by atoms with Crippen molar-refractivity contribution < 1.29 is 14.3 Å². The smallest absolute Gasteiger partial charge is 0.331 e. The fourth-order valence-corrected chi connectivity index (χ4v) is 2.61. The lowest BCUT2D eigenvalue weighted by Gasteiger charge is -2.28. The third-order valence-electron chi connectivity index (χ3n) is 3.76. The third-order valence-corrected chi connectivity index (χ3v) is 3.76. The largest absolute Gasteiger partial charge is 0.463 e. The standard InChI is InChI=1S/C18H23NO3/c1-3-5-11-22-17(20)12-15-13-9-6-7-10-14(13)18(21)19-16(15)8-4-2/h6-7,9-10,12,16H,3-5,8,11H2,1-2H3,(H,19,21)/b15-12-. The highest BCUT2D eigenvalue weighted by Gasteiger charge is 2.28. The molecule has 0 fully saturated rings. The zero-order chi connectivity index (χ0) is 15.9. The van der Waals surface area contributed by atoms with Gasteiger partial charge in [-0.2, -0.15) is 0 Å². The predicted octanol–water partition coefficient (Wildman–Crippen LogP) is 3.33. The minimum Gasteiger partial charge on any atom is -0.463 e. The highest BCUT2D eigenvalue weighted by Crippen LogP contribution is 2.29. The average molecular weight is 301 g/mol. The number of fused-ring (bicyclic) bond motifs is 1. The fourth-order valence-electron chi connectivity index (χ4n) is 2.61. The molecule has 22 heavy (non-hydrogen) atoms. The summed E-state index contributed by atoms with van der Waals surface area (Å²) >= 11 is 0. The van der Waals surface area contributed by atoms with Crippen LogP contribution in [0, 0.1) is 0 Å². The van der Waals surface area contributed by atoms with Crippen molar-refractivity contribution >= 4 is 17.4 Å². The third kappa shape index (κ3) is 3.75. The number of hydrogen-bond acceptors (Lipinski definition) is 3. The van der Waals surface area contributed by atoms with Gasteiger partial charge in [-0.25, -0.2) is 4.79 Å². The quantitative estimate of drug-likeness (QED) is 0.498. The molecule has 1 N–H and O–H groups in total. The zero-order valence-electron chi connectivity index (χ0n) is 13.2. The van der Waals surface area contributed by atoms with Crippen LogP contribution in [0.1, 0.15) is 55.5 Å². The molecule has 0 bridgehead atoms. The summed E-state index contributed by atoms with van der Waals surface area (Å²) in [5, 5.41) is 2.98. The lowest BCUT2D eigenvalue weighted by Crippen LogP contribution is -2.40. The maximum absolute atomic E-state index is 12.2. The molecular formula is C18H23NO3. The molecule has 4 heteroatoms. The first-order chi connectivity index (χ1) is 10.7. The second kappa shape index (κ2) is 7.78. The minimum absolute atomic E-state index is 0.0782. The van der Waals surface area contributed by atoms with Gasteiger partial charge in [-0.3, -0.25) is 4.79 Å². The van der Waals surface area contributed by atoms with E-state index in [1.165, 1.54) is 6.08 Å². The predicted molar refractivity (Wildman–Crippen MR) is 86.4 cm³/mol. The molecule has 1 atom stereocenters. The SMILES string of the molecule is CCCCOC(=O)/C=C1/c2ccccc2C(=O)NC1CCC. The van der Waals surface area contributed by atoms with Crippen molar-refractivity contribution in [2.24, 2.45) is 0 Å². The molecule has 1 unspecified atom stereocenters. The van der Waals surface area contributed by atoms with Crippen molar-refractivity contribution in [3.63, 3.8) is 0 Å². The second-order valence-electron chi connectivity index (χ2n) is 5.48. The van der Waals surface area contributed by atoms with Crippen molar-refractivity contribution in [1.29, 1.82) is 0 Å². The van der Waals surface area contributed by atoms with Gasteiger partial charge in [0.15, 0.2) is 0 Å². The summed E-state index contributed by atoms with van der Waals surface area (Å²) in [6.45, 7) is 4.55. The molecule has 2 rings (SSSR count). The van der Waals surface area contributed by atoms with E-state index in [-0.39, 0.29) is 17.9 Å². The van der Waals surface area contributed by atoms with Gasteiger partial charge < -0.3 is 10.1 Å². The average Bonchev–Trinajstić information content (AvgIpc) is 2.52. The van der Waals surface area contributed by atoms with Crippen LogP contribution >= 0.6 is 0 Å². The number of ether oxygens (including phenoxy) is 1. The molecule has 1 aromatic rings. The van der Waals surface area contributed by atoms with E-state index in [1.807, 2.05) is 18.2 Å².